The Bertz CT molecular complexity index is 1130. The summed E-state index contributed by atoms with van der Waals surface area (Å²) in [6.07, 6.45) is -0.346. The molecule has 50 heavy (non-hydrogen) atoms. The number of carbonyl (C=O) groups excluding carboxylic acids is 4. The van der Waals surface area contributed by atoms with Crippen LogP contribution in [0.1, 0.15) is 64.6 Å². The first kappa shape index (κ1) is 60.3. The summed E-state index contributed by atoms with van der Waals surface area (Å²) in [5.74, 6) is -0.934. The van der Waals surface area contributed by atoms with Crippen molar-refractivity contribution >= 4 is 122 Å². The molecular weight excluding hydrogens is 876 g/mol. The van der Waals surface area contributed by atoms with E-state index < -0.39 is 51.7 Å². The van der Waals surface area contributed by atoms with E-state index in [-0.39, 0.29) is 86.3 Å². The Balaban J connectivity index is -0.0000000916. The zero-order valence-corrected chi connectivity index (χ0v) is 37.9. The standard InChI is InChI=1S/C8H12O3.C5H8O3.C3H6O4S.C3H6O3S.C3H8O2.CCl4.CH4.Cl2OS.Na.H/c1-5-4-8(5,6(2)9)7(10)11-3;1-4(6)3-5(7)8-2;1-3-2-6-8(4,5)7-3;1-3-2-5-7(4)6-3;1-3(5)2-4;2-1(3,4)5;;1-4(2)3;;/h5H,4H2,1-3H3;3H2,1-2H3;3H,2H2,1H3;3H,2H2,1H3;3-5H,2H2,1H3;;1H4;;;/q;;;;;;;;+1;-1/i;;;;;;1D;;;. The predicted octanol–water partition coefficient (Wildman–Crippen LogP) is 1.29. The summed E-state index contributed by atoms with van der Waals surface area (Å²) >= 11 is 17.9. The molecule has 0 amide bonds. The largest absolute Gasteiger partial charge is 1.00 e. The molecule has 3 rings (SSSR count). The maximum atomic E-state index is 11.1. The quantitative estimate of drug-likeness (QED) is 0.130. The average Bonchev–Trinajstić information content (AvgIpc) is 3.36. The monoisotopic (exact) mass is 919 g/mol. The van der Waals surface area contributed by atoms with Gasteiger partial charge in [0, 0.05) is 22.7 Å². The van der Waals surface area contributed by atoms with Gasteiger partial charge in [0.15, 0.2) is 0 Å². The Hall–Kier alpha value is 1.03. The van der Waals surface area contributed by atoms with Crippen molar-refractivity contribution in [2.24, 2.45) is 11.3 Å². The summed E-state index contributed by atoms with van der Waals surface area (Å²) in [4.78, 5) is 42.4. The van der Waals surface area contributed by atoms with E-state index in [0.29, 0.717) is 13.0 Å². The van der Waals surface area contributed by atoms with Crippen molar-refractivity contribution in [3.8, 4) is 0 Å². The van der Waals surface area contributed by atoms with Gasteiger partial charge in [-0.25, -0.2) is 12.6 Å². The van der Waals surface area contributed by atoms with Crippen LogP contribution in [-0.4, -0.2) is 106 Å². The Kier molecular flexibility index (Phi) is 40.2. The van der Waals surface area contributed by atoms with Gasteiger partial charge < -0.3 is 21.1 Å². The summed E-state index contributed by atoms with van der Waals surface area (Å²) < 4.78 is 70.1. The minimum Gasteiger partial charge on any atom is -1.00 e. The van der Waals surface area contributed by atoms with Gasteiger partial charge in [-0.2, -0.15) is 12.6 Å². The molecule has 3 fully saturated rings. The number of halogens is 6. The molecule has 298 valence electrons. The van der Waals surface area contributed by atoms with E-state index in [4.69, 9.17) is 62.2 Å². The van der Waals surface area contributed by atoms with E-state index in [1.807, 2.05) is 13.8 Å². The first-order valence-corrected chi connectivity index (χ1v) is 19.5. The number of carbonyl (C=O) groups is 4. The van der Waals surface area contributed by atoms with Gasteiger partial charge in [0.05, 0.1) is 46.2 Å². The topological polar surface area (TPSA) is 232 Å². The number of hydrogen-bond acceptors (Lipinski definition) is 16. The van der Waals surface area contributed by atoms with Crippen LogP contribution >= 0.6 is 67.8 Å². The van der Waals surface area contributed by atoms with Crippen LogP contribution in [0, 0.1) is 11.3 Å². The molecule has 16 nitrogen and oxygen atoms in total. The molecule has 3 aliphatic rings. The van der Waals surface area contributed by atoms with Crippen LogP contribution in [0.4, 0.5) is 0 Å². The van der Waals surface area contributed by atoms with Crippen molar-refractivity contribution < 1.29 is 105 Å². The van der Waals surface area contributed by atoms with Crippen LogP contribution < -0.4 is 29.6 Å². The number of aliphatic hydroxyl groups excluding tert-OH is 2. The SMILES string of the molecule is CC(O)CO.CC1COS(=O)(=O)O1.CC1COS(=O)O1.COC(=O)C1(C(C)=O)CC1C.COC(=O)CC(C)=O.ClC(Cl)(Cl)Cl.O=S(Cl)Cl.[2H]C.[H-].[Na+]. The molecule has 0 bridgehead atoms. The minimum absolute atomic E-state index is 0. The summed E-state index contributed by atoms with van der Waals surface area (Å²) in [6, 6.07) is 0. The molecule has 2 aliphatic heterocycles. The second kappa shape index (κ2) is 33.4. The molecule has 0 radical (unpaired) electrons. The fourth-order valence-corrected chi connectivity index (χ4v) is 4.13. The van der Waals surface area contributed by atoms with Crippen molar-refractivity contribution in [2.75, 3.05) is 34.0 Å². The van der Waals surface area contributed by atoms with E-state index in [2.05, 4.69) is 47.6 Å². The second-order valence-corrected chi connectivity index (χ2v) is 17.3. The number of alkyl halides is 4. The smallest absolute Gasteiger partial charge is 1.00 e. The molecule has 2 N–H and O–H groups in total. The molecule has 2 heterocycles. The molecule has 0 spiro atoms. The Morgan fingerprint density at radius 2 is 1.48 bits per heavy atom. The molecule has 2 saturated heterocycles. The van der Waals surface area contributed by atoms with Crippen molar-refractivity contribution in [1.29, 1.82) is 0 Å². The number of ether oxygens (including phenoxy) is 2. The van der Waals surface area contributed by atoms with Gasteiger partial charge in [-0.3, -0.25) is 27.5 Å². The minimum atomic E-state index is -3.60. The molecular formula is C24H45Cl6NaO16S3. The fraction of sp³-hybridized carbons (Fsp3) is 0.833. The Labute approximate surface area is 352 Å². The van der Waals surface area contributed by atoms with Gasteiger partial charge in [-0.05, 0) is 47.0 Å². The second-order valence-electron chi connectivity index (χ2n) is 9.22. The van der Waals surface area contributed by atoms with Crippen LogP contribution in [0.15, 0.2) is 0 Å². The van der Waals surface area contributed by atoms with Crippen molar-refractivity contribution in [3.05, 3.63) is 0 Å². The summed E-state index contributed by atoms with van der Waals surface area (Å²) in [7, 11) is 7.59. The van der Waals surface area contributed by atoms with E-state index in [1.165, 1.54) is 42.4 Å². The number of ketones is 2. The van der Waals surface area contributed by atoms with Gasteiger partial charge >= 0.3 is 63.3 Å². The molecule has 0 aromatic rings. The maximum Gasteiger partial charge on any atom is 1.00 e. The first-order chi connectivity index (χ1) is 22.6. The van der Waals surface area contributed by atoms with Crippen molar-refractivity contribution in [3.63, 3.8) is 0 Å². The zero-order valence-electron chi connectivity index (χ0n) is 30.9. The number of Topliss-reactive ketones (excluding diaryl/α,β-unsaturated/α-hetero) is 2. The van der Waals surface area contributed by atoms with Gasteiger partial charge in [0.1, 0.15) is 29.5 Å². The van der Waals surface area contributed by atoms with Gasteiger partial charge in [-0.1, -0.05) is 60.7 Å². The molecule has 26 heteroatoms. The molecule has 6 unspecified atom stereocenters. The van der Waals surface area contributed by atoms with E-state index in [1.54, 1.807) is 6.92 Å². The van der Waals surface area contributed by atoms with E-state index >= 15 is 0 Å². The number of hydrogen-bond donors (Lipinski definition) is 2. The number of esters is 2. The van der Waals surface area contributed by atoms with Gasteiger partial charge in [0.25, 0.3) is 3.25 Å². The third-order valence-corrected chi connectivity index (χ3v) is 6.55. The fourth-order valence-electron chi connectivity index (χ4n) is 2.58. The Morgan fingerprint density at radius 1 is 1.08 bits per heavy atom. The summed E-state index contributed by atoms with van der Waals surface area (Å²) in [5, 5.41) is 16.0. The molecule has 0 aromatic carbocycles. The van der Waals surface area contributed by atoms with Crippen molar-refractivity contribution in [1.82, 2.24) is 0 Å². The molecule has 1 aliphatic carbocycles. The number of methoxy groups -OCH3 is 2. The van der Waals surface area contributed by atoms with E-state index in [0.717, 1.165) is 0 Å². The summed E-state index contributed by atoms with van der Waals surface area (Å²) in [6.45, 7) is 10.1. The number of rotatable bonds is 5. The molecule has 6 atom stereocenters. The average molecular weight is 923 g/mol. The zero-order chi connectivity index (χ0) is 41.1. The molecule has 1 saturated carbocycles. The third kappa shape index (κ3) is 41.8. The van der Waals surface area contributed by atoms with Gasteiger partial charge in [0.2, 0.25) is 9.23 Å². The predicted molar refractivity (Wildman–Crippen MR) is 189 cm³/mol. The third-order valence-electron chi connectivity index (χ3n) is 4.74. The normalized spacial score (nSPS) is 24.0. The van der Waals surface area contributed by atoms with Crippen LogP contribution in [0.5, 0.6) is 0 Å². The summed E-state index contributed by atoms with van der Waals surface area (Å²) in [5.41, 5.74) is -0.783. The first-order valence-electron chi connectivity index (χ1n) is 13.9. The van der Waals surface area contributed by atoms with Crippen LogP contribution in [-0.2, 0) is 76.4 Å². The Morgan fingerprint density at radius 3 is 1.56 bits per heavy atom. The van der Waals surface area contributed by atoms with Gasteiger partial charge in [-0.15, -0.1) is 0 Å². The van der Waals surface area contributed by atoms with Crippen molar-refractivity contribution in [2.45, 2.75) is 83.4 Å². The van der Waals surface area contributed by atoms with Crippen LogP contribution in [0.2, 0.25) is 0 Å². The van der Waals surface area contributed by atoms with Crippen LogP contribution in [0.3, 0.4) is 0 Å². The van der Waals surface area contributed by atoms with Crippen LogP contribution in [0.25, 0.3) is 0 Å². The molecule has 0 aromatic heterocycles. The maximum absolute atomic E-state index is 11.1. The van der Waals surface area contributed by atoms with E-state index in [9.17, 15) is 31.8 Å². The number of aliphatic hydroxyl groups is 2.